The zero-order valence-electron chi connectivity index (χ0n) is 7.83. The SMILES string of the molecule is C=C[C@@H](N)c1cc(OC)cc(Br)c1O. The van der Waals surface area contributed by atoms with E-state index in [0.29, 0.717) is 15.8 Å². The number of phenolic OH excluding ortho intramolecular Hbond substituents is 1. The van der Waals surface area contributed by atoms with Crippen molar-refractivity contribution in [2.24, 2.45) is 5.73 Å². The topological polar surface area (TPSA) is 55.5 Å². The van der Waals surface area contributed by atoms with E-state index in [9.17, 15) is 5.11 Å². The third-order valence-electron chi connectivity index (χ3n) is 1.92. The van der Waals surface area contributed by atoms with Gasteiger partial charge in [0.15, 0.2) is 0 Å². The number of methoxy groups -OCH3 is 1. The maximum atomic E-state index is 9.69. The molecule has 0 heterocycles. The summed E-state index contributed by atoms with van der Waals surface area (Å²) in [5, 5.41) is 9.69. The van der Waals surface area contributed by atoms with Crippen LogP contribution in [0.5, 0.6) is 11.5 Å². The van der Waals surface area contributed by atoms with Gasteiger partial charge in [-0.2, -0.15) is 0 Å². The van der Waals surface area contributed by atoms with Crippen LogP contribution in [0.1, 0.15) is 11.6 Å². The number of rotatable bonds is 3. The van der Waals surface area contributed by atoms with Gasteiger partial charge in [-0.25, -0.2) is 0 Å². The van der Waals surface area contributed by atoms with Crippen LogP contribution in [0.2, 0.25) is 0 Å². The largest absolute Gasteiger partial charge is 0.506 e. The summed E-state index contributed by atoms with van der Waals surface area (Å²) in [7, 11) is 1.56. The molecule has 3 N–H and O–H groups in total. The van der Waals surface area contributed by atoms with Crippen molar-refractivity contribution >= 4 is 15.9 Å². The molecular formula is C10H12BrNO2. The van der Waals surface area contributed by atoms with Gasteiger partial charge in [0.25, 0.3) is 0 Å². The second kappa shape index (κ2) is 4.48. The van der Waals surface area contributed by atoms with Crippen molar-refractivity contribution in [3.05, 3.63) is 34.8 Å². The van der Waals surface area contributed by atoms with Crippen LogP contribution in [0.3, 0.4) is 0 Å². The van der Waals surface area contributed by atoms with E-state index in [0.717, 1.165) is 0 Å². The molecule has 0 aliphatic rings. The van der Waals surface area contributed by atoms with Gasteiger partial charge >= 0.3 is 0 Å². The van der Waals surface area contributed by atoms with E-state index in [-0.39, 0.29) is 5.75 Å². The second-order valence-electron chi connectivity index (χ2n) is 2.81. The van der Waals surface area contributed by atoms with Gasteiger partial charge in [0.05, 0.1) is 17.6 Å². The van der Waals surface area contributed by atoms with E-state index in [1.165, 1.54) is 0 Å². The van der Waals surface area contributed by atoms with E-state index in [4.69, 9.17) is 10.5 Å². The third kappa shape index (κ3) is 2.08. The zero-order chi connectivity index (χ0) is 10.7. The Bertz CT molecular complexity index is 352. The molecule has 0 unspecified atom stereocenters. The smallest absolute Gasteiger partial charge is 0.135 e. The number of nitrogens with two attached hydrogens (primary N) is 1. The first-order valence-corrected chi connectivity index (χ1v) is 4.84. The Morgan fingerprint density at radius 2 is 2.29 bits per heavy atom. The summed E-state index contributed by atoms with van der Waals surface area (Å²) < 4.78 is 5.61. The third-order valence-corrected chi connectivity index (χ3v) is 2.52. The molecular weight excluding hydrogens is 246 g/mol. The van der Waals surface area contributed by atoms with Gasteiger partial charge in [-0.15, -0.1) is 6.58 Å². The summed E-state index contributed by atoms with van der Waals surface area (Å²) in [6.07, 6.45) is 1.56. The predicted molar refractivity (Wildman–Crippen MR) is 59.5 cm³/mol. The van der Waals surface area contributed by atoms with E-state index in [1.807, 2.05) is 0 Å². The van der Waals surface area contributed by atoms with Crippen molar-refractivity contribution in [1.82, 2.24) is 0 Å². The Morgan fingerprint density at radius 3 is 2.79 bits per heavy atom. The lowest BCUT2D eigenvalue weighted by molar-refractivity contribution is 0.409. The average Bonchev–Trinajstić information content (AvgIpc) is 2.20. The van der Waals surface area contributed by atoms with Gasteiger partial charge in [-0.05, 0) is 28.1 Å². The molecule has 1 aromatic carbocycles. The highest BCUT2D eigenvalue weighted by molar-refractivity contribution is 9.10. The van der Waals surface area contributed by atoms with E-state index in [1.54, 1.807) is 25.3 Å². The summed E-state index contributed by atoms with van der Waals surface area (Å²) in [6, 6.07) is 2.96. The molecule has 0 radical (unpaired) electrons. The minimum absolute atomic E-state index is 0.123. The minimum atomic E-state index is -0.401. The molecule has 3 nitrogen and oxygen atoms in total. The van der Waals surface area contributed by atoms with Crippen LogP contribution in [-0.4, -0.2) is 12.2 Å². The van der Waals surface area contributed by atoms with Gasteiger partial charge in [-0.3, -0.25) is 0 Å². The molecule has 0 amide bonds. The van der Waals surface area contributed by atoms with Gasteiger partial charge < -0.3 is 15.6 Å². The Balaban J connectivity index is 3.26. The number of halogens is 1. The van der Waals surface area contributed by atoms with Crippen LogP contribution < -0.4 is 10.5 Å². The Labute approximate surface area is 91.3 Å². The number of aromatic hydroxyl groups is 1. The van der Waals surface area contributed by atoms with Crippen molar-refractivity contribution in [3.8, 4) is 11.5 Å². The molecule has 14 heavy (non-hydrogen) atoms. The van der Waals surface area contributed by atoms with E-state index >= 15 is 0 Å². The Kier molecular flexibility index (Phi) is 3.55. The maximum absolute atomic E-state index is 9.69. The fourth-order valence-corrected chi connectivity index (χ4v) is 1.55. The molecule has 0 spiro atoms. The Hall–Kier alpha value is -1.00. The molecule has 1 rings (SSSR count). The first-order valence-electron chi connectivity index (χ1n) is 4.04. The van der Waals surface area contributed by atoms with E-state index < -0.39 is 6.04 Å². The average molecular weight is 258 g/mol. The van der Waals surface area contributed by atoms with Crippen LogP contribution >= 0.6 is 15.9 Å². The number of ether oxygens (including phenoxy) is 1. The number of benzene rings is 1. The number of hydrogen-bond acceptors (Lipinski definition) is 3. The van der Waals surface area contributed by atoms with Crippen molar-refractivity contribution in [2.75, 3.05) is 7.11 Å². The van der Waals surface area contributed by atoms with Crippen molar-refractivity contribution < 1.29 is 9.84 Å². The highest BCUT2D eigenvalue weighted by Crippen LogP contribution is 2.35. The van der Waals surface area contributed by atoms with Crippen LogP contribution in [-0.2, 0) is 0 Å². The fraction of sp³-hybridized carbons (Fsp3) is 0.200. The fourth-order valence-electron chi connectivity index (χ4n) is 1.09. The normalized spacial score (nSPS) is 12.2. The Morgan fingerprint density at radius 1 is 1.64 bits per heavy atom. The molecule has 0 bridgehead atoms. The van der Waals surface area contributed by atoms with Crippen LogP contribution in [0, 0.1) is 0 Å². The first-order chi connectivity index (χ1) is 6.60. The molecule has 0 aromatic heterocycles. The van der Waals surface area contributed by atoms with Crippen molar-refractivity contribution in [3.63, 3.8) is 0 Å². The van der Waals surface area contributed by atoms with Gasteiger partial charge in [-0.1, -0.05) is 6.08 Å². The molecule has 4 heteroatoms. The minimum Gasteiger partial charge on any atom is -0.506 e. The van der Waals surface area contributed by atoms with Gasteiger partial charge in [0.1, 0.15) is 11.5 Å². The standard InChI is InChI=1S/C10H12BrNO2/c1-3-9(12)7-4-6(14-2)5-8(11)10(7)13/h3-5,9,13H,1,12H2,2H3/t9-/m1/s1. The molecule has 1 atom stereocenters. The molecule has 1 aromatic rings. The van der Waals surface area contributed by atoms with Crippen molar-refractivity contribution in [1.29, 1.82) is 0 Å². The zero-order valence-corrected chi connectivity index (χ0v) is 9.41. The second-order valence-corrected chi connectivity index (χ2v) is 3.66. The van der Waals surface area contributed by atoms with Crippen LogP contribution in [0.4, 0.5) is 0 Å². The van der Waals surface area contributed by atoms with Crippen LogP contribution in [0.15, 0.2) is 29.3 Å². The molecule has 76 valence electrons. The summed E-state index contributed by atoms with van der Waals surface area (Å²) in [6.45, 7) is 3.57. The van der Waals surface area contributed by atoms with E-state index in [2.05, 4.69) is 22.5 Å². The first kappa shape index (κ1) is 11.1. The lowest BCUT2D eigenvalue weighted by atomic mass is 10.1. The molecule has 0 saturated carbocycles. The highest BCUT2D eigenvalue weighted by atomic mass is 79.9. The van der Waals surface area contributed by atoms with Gasteiger partial charge in [0, 0.05) is 5.56 Å². The molecule has 0 fully saturated rings. The summed E-state index contributed by atoms with van der Waals surface area (Å²) in [5.41, 5.74) is 6.32. The number of phenols is 1. The van der Waals surface area contributed by atoms with Crippen LogP contribution in [0.25, 0.3) is 0 Å². The summed E-state index contributed by atoms with van der Waals surface area (Å²) in [4.78, 5) is 0. The molecule has 0 saturated heterocycles. The predicted octanol–water partition coefficient (Wildman–Crippen LogP) is 2.35. The highest BCUT2D eigenvalue weighted by Gasteiger charge is 2.12. The van der Waals surface area contributed by atoms with Crippen molar-refractivity contribution in [2.45, 2.75) is 6.04 Å². The van der Waals surface area contributed by atoms with Gasteiger partial charge in [0.2, 0.25) is 0 Å². The monoisotopic (exact) mass is 257 g/mol. The molecule has 0 aliphatic carbocycles. The lowest BCUT2D eigenvalue weighted by Gasteiger charge is -2.12. The molecule has 0 aliphatic heterocycles. The lowest BCUT2D eigenvalue weighted by Crippen LogP contribution is -2.07. The summed E-state index contributed by atoms with van der Waals surface area (Å²) in [5.74, 6) is 0.764. The summed E-state index contributed by atoms with van der Waals surface area (Å²) >= 11 is 3.22. The quantitative estimate of drug-likeness (QED) is 0.818. The maximum Gasteiger partial charge on any atom is 0.135 e. The number of hydrogen-bond donors (Lipinski definition) is 2.